The monoisotopic (exact) mass is 447 g/mol. The number of rotatable bonds is 3. The van der Waals surface area contributed by atoms with Crippen molar-refractivity contribution in [2.45, 2.75) is 19.9 Å². The first-order valence-electron chi connectivity index (χ1n) is 9.71. The number of aliphatic hydroxyl groups excluding tert-OH is 1. The molecule has 1 aromatic carbocycles. The molecule has 10 heteroatoms. The van der Waals surface area contributed by atoms with E-state index in [4.69, 9.17) is 0 Å². The van der Waals surface area contributed by atoms with Gasteiger partial charge in [-0.05, 0) is 43.7 Å². The number of fused-ring (bicyclic) bond motifs is 1. The number of imidazole rings is 1. The number of amides is 1. The zero-order chi connectivity index (χ0) is 22.6. The number of pyridine rings is 1. The zero-order valence-corrected chi connectivity index (χ0v) is 17.9. The average molecular weight is 447 g/mol. The summed E-state index contributed by atoms with van der Waals surface area (Å²) >= 11 is 1.17. The zero-order valence-electron chi connectivity index (χ0n) is 17.1. The van der Waals surface area contributed by atoms with E-state index in [2.05, 4.69) is 15.2 Å². The quantitative estimate of drug-likeness (QED) is 0.281. The van der Waals surface area contributed by atoms with Crippen LogP contribution < -0.4 is 4.90 Å². The van der Waals surface area contributed by atoms with Crippen molar-refractivity contribution >= 4 is 39.6 Å². The summed E-state index contributed by atoms with van der Waals surface area (Å²) in [7, 11) is 0. The summed E-state index contributed by atoms with van der Waals surface area (Å²) in [5, 5.41) is 30.0. The molecule has 4 heterocycles. The summed E-state index contributed by atoms with van der Waals surface area (Å²) in [6, 6.07) is 10.5. The number of Topliss-reactive ketones (excluding diaryl/α,β-unsaturated/α-hetero) is 1. The normalized spacial score (nSPS) is 18.1. The van der Waals surface area contributed by atoms with Gasteiger partial charge in [0.15, 0.2) is 5.76 Å². The fourth-order valence-corrected chi connectivity index (χ4v) is 4.63. The first-order chi connectivity index (χ1) is 15.4. The number of nitrogens with zero attached hydrogens (tertiary/aromatic N) is 5. The molecule has 3 aromatic heterocycles. The molecule has 4 aromatic rings. The number of ketones is 1. The van der Waals surface area contributed by atoms with Gasteiger partial charge < -0.3 is 10.2 Å². The summed E-state index contributed by atoms with van der Waals surface area (Å²) in [6.45, 7) is 3.47. The van der Waals surface area contributed by atoms with Crippen LogP contribution in [0, 0.1) is 13.8 Å². The Balaban J connectivity index is 1.78. The highest BCUT2D eigenvalue weighted by Crippen LogP contribution is 2.43. The minimum atomic E-state index is -0.948. The highest BCUT2D eigenvalue weighted by molar-refractivity contribution is 7.15. The van der Waals surface area contributed by atoms with Crippen LogP contribution in [0.5, 0.6) is 5.75 Å². The minimum absolute atomic E-state index is 0.0371. The fraction of sp³-hybridized carbons (Fsp3) is 0.136. The van der Waals surface area contributed by atoms with Crippen LogP contribution in [0.1, 0.15) is 28.0 Å². The van der Waals surface area contributed by atoms with E-state index in [0.29, 0.717) is 27.6 Å². The third-order valence-corrected chi connectivity index (χ3v) is 6.14. The number of hydrogen-bond donors (Lipinski definition) is 2. The van der Waals surface area contributed by atoms with Gasteiger partial charge in [0.05, 0.1) is 17.3 Å². The Morgan fingerprint density at radius 3 is 2.50 bits per heavy atom. The van der Waals surface area contributed by atoms with Gasteiger partial charge in [0.1, 0.15) is 22.1 Å². The van der Waals surface area contributed by atoms with Gasteiger partial charge in [-0.2, -0.15) is 0 Å². The maximum Gasteiger partial charge on any atom is 0.301 e. The van der Waals surface area contributed by atoms with Crippen LogP contribution in [0.15, 0.2) is 54.2 Å². The Hall–Kier alpha value is -4.05. The van der Waals surface area contributed by atoms with Crippen molar-refractivity contribution in [2.75, 3.05) is 4.90 Å². The maximum absolute atomic E-state index is 13.2. The van der Waals surface area contributed by atoms with Gasteiger partial charge in [-0.25, -0.2) is 4.98 Å². The first kappa shape index (κ1) is 19.9. The highest BCUT2D eigenvalue weighted by Gasteiger charge is 2.48. The van der Waals surface area contributed by atoms with Crippen LogP contribution in [-0.4, -0.2) is 41.5 Å². The number of phenolic OH excluding ortho intramolecular Hbond substituents is 1. The van der Waals surface area contributed by atoms with Crippen LogP contribution in [0.2, 0.25) is 0 Å². The molecular weight excluding hydrogens is 430 g/mol. The number of benzene rings is 1. The van der Waals surface area contributed by atoms with E-state index >= 15 is 0 Å². The van der Waals surface area contributed by atoms with Crippen LogP contribution >= 0.6 is 11.3 Å². The molecule has 1 aliphatic heterocycles. The third-order valence-electron chi connectivity index (χ3n) is 5.30. The average Bonchev–Trinajstić information content (AvgIpc) is 3.42. The standard InChI is InChI=1S/C22H17N5O4S/c1-11-17(26-10-4-3-5-15(26)23-11)19(29)16-18(13-6-8-14(28)9-7-13)27(21(31)20(16)30)22-25-24-12(2)32-22/h3-10,18,28-29H,1-2H3/b19-16+. The Kier molecular flexibility index (Phi) is 4.52. The van der Waals surface area contributed by atoms with E-state index in [1.54, 1.807) is 48.7 Å². The van der Waals surface area contributed by atoms with E-state index in [1.807, 2.05) is 6.07 Å². The van der Waals surface area contributed by atoms with Gasteiger partial charge in [-0.1, -0.05) is 29.5 Å². The number of anilines is 1. The number of carbonyl (C=O) groups is 2. The summed E-state index contributed by atoms with van der Waals surface area (Å²) in [5.74, 6) is -1.94. The van der Waals surface area contributed by atoms with Crippen LogP contribution in [-0.2, 0) is 9.59 Å². The van der Waals surface area contributed by atoms with Gasteiger partial charge in [0.25, 0.3) is 5.78 Å². The molecule has 0 saturated carbocycles. The van der Waals surface area contributed by atoms with Gasteiger partial charge in [-0.3, -0.25) is 18.9 Å². The molecule has 0 radical (unpaired) electrons. The molecule has 1 saturated heterocycles. The largest absolute Gasteiger partial charge is 0.508 e. The van der Waals surface area contributed by atoms with Crippen molar-refractivity contribution in [3.63, 3.8) is 0 Å². The second kappa shape index (κ2) is 7.27. The molecule has 9 nitrogen and oxygen atoms in total. The van der Waals surface area contributed by atoms with Crippen LogP contribution in [0.4, 0.5) is 5.13 Å². The molecule has 1 unspecified atom stereocenters. The number of aromatic nitrogens is 4. The van der Waals surface area contributed by atoms with Crippen molar-refractivity contribution in [1.29, 1.82) is 0 Å². The van der Waals surface area contributed by atoms with E-state index in [9.17, 15) is 19.8 Å². The first-order valence-corrected chi connectivity index (χ1v) is 10.5. The Morgan fingerprint density at radius 1 is 1.06 bits per heavy atom. The molecule has 1 amide bonds. The molecule has 5 rings (SSSR count). The molecule has 1 fully saturated rings. The van der Waals surface area contributed by atoms with E-state index < -0.39 is 17.7 Å². The number of aromatic hydroxyl groups is 1. The van der Waals surface area contributed by atoms with Crippen LogP contribution in [0.25, 0.3) is 11.4 Å². The van der Waals surface area contributed by atoms with Gasteiger partial charge in [0.2, 0.25) is 5.13 Å². The predicted octanol–water partition coefficient (Wildman–Crippen LogP) is 3.13. The molecule has 32 heavy (non-hydrogen) atoms. The number of phenols is 1. The molecule has 1 atom stereocenters. The molecule has 1 aliphatic rings. The molecule has 0 aliphatic carbocycles. The lowest BCUT2D eigenvalue weighted by atomic mass is 9.96. The van der Waals surface area contributed by atoms with Crippen molar-refractivity contribution < 1.29 is 19.8 Å². The predicted molar refractivity (Wildman–Crippen MR) is 117 cm³/mol. The summed E-state index contributed by atoms with van der Waals surface area (Å²) in [4.78, 5) is 32.0. The second-order valence-electron chi connectivity index (χ2n) is 7.34. The lowest BCUT2D eigenvalue weighted by Crippen LogP contribution is -2.29. The summed E-state index contributed by atoms with van der Waals surface area (Å²) in [6.07, 6.45) is 1.73. The number of carbonyl (C=O) groups excluding carboxylic acids is 2. The highest BCUT2D eigenvalue weighted by atomic mass is 32.1. The second-order valence-corrected chi connectivity index (χ2v) is 8.50. The number of aryl methyl sites for hydroxylation is 2. The van der Waals surface area contributed by atoms with Crippen molar-refractivity contribution in [3.8, 4) is 5.75 Å². The Morgan fingerprint density at radius 2 is 1.81 bits per heavy atom. The molecule has 2 N–H and O–H groups in total. The lowest BCUT2D eigenvalue weighted by Gasteiger charge is -2.22. The molecular formula is C22H17N5O4S. The van der Waals surface area contributed by atoms with Crippen molar-refractivity contribution in [2.24, 2.45) is 0 Å². The van der Waals surface area contributed by atoms with Gasteiger partial charge in [0, 0.05) is 6.20 Å². The van der Waals surface area contributed by atoms with Gasteiger partial charge in [-0.15, -0.1) is 10.2 Å². The number of hydrogen-bond acceptors (Lipinski definition) is 8. The third kappa shape index (κ3) is 2.95. The van der Waals surface area contributed by atoms with Crippen molar-refractivity contribution in [3.05, 3.63) is 76.2 Å². The minimum Gasteiger partial charge on any atom is -0.508 e. The number of aliphatic hydroxyl groups is 1. The lowest BCUT2D eigenvalue weighted by molar-refractivity contribution is -0.132. The Bertz CT molecular complexity index is 1420. The molecule has 0 bridgehead atoms. The summed E-state index contributed by atoms with van der Waals surface area (Å²) < 4.78 is 1.67. The summed E-state index contributed by atoms with van der Waals surface area (Å²) in [5.41, 5.74) is 1.89. The van der Waals surface area contributed by atoms with E-state index in [-0.39, 0.29) is 22.2 Å². The van der Waals surface area contributed by atoms with Crippen LogP contribution in [0.3, 0.4) is 0 Å². The van der Waals surface area contributed by atoms with Crippen molar-refractivity contribution in [1.82, 2.24) is 19.6 Å². The SMILES string of the molecule is Cc1nnc(N2C(=O)C(=O)/C(=C(/O)c3c(C)nc4ccccn34)C2c2ccc(O)cc2)s1. The van der Waals surface area contributed by atoms with E-state index in [1.165, 1.54) is 28.4 Å². The maximum atomic E-state index is 13.2. The molecule has 160 valence electrons. The van der Waals surface area contributed by atoms with Gasteiger partial charge >= 0.3 is 5.91 Å². The molecule has 0 spiro atoms. The fourth-order valence-electron chi connectivity index (χ4n) is 3.91. The Labute approximate surface area is 185 Å². The van der Waals surface area contributed by atoms with E-state index in [0.717, 1.165) is 0 Å². The smallest absolute Gasteiger partial charge is 0.301 e. The topological polar surface area (TPSA) is 121 Å².